The Morgan fingerprint density at radius 2 is 1.81 bits per heavy atom. The van der Waals surface area contributed by atoms with E-state index in [1.165, 1.54) is 5.56 Å². The largest absolute Gasteiger partial charge is 0.444 e. The van der Waals surface area contributed by atoms with Gasteiger partial charge in [0.25, 0.3) is 0 Å². The topological polar surface area (TPSA) is 59.0 Å². The highest BCUT2D eigenvalue weighted by atomic mass is 16.6. The number of amides is 1. The van der Waals surface area contributed by atoms with Crippen LogP contribution in [-0.4, -0.2) is 55.1 Å². The second-order valence-electron chi connectivity index (χ2n) is 8.19. The molecule has 0 radical (unpaired) electrons. The smallest absolute Gasteiger partial charge is 0.410 e. The highest BCUT2D eigenvalue weighted by Gasteiger charge is 2.22. The number of ether oxygens (including phenoxy) is 2. The Morgan fingerprint density at radius 3 is 2.41 bits per heavy atom. The molecular formula is C22H37NO4. The maximum atomic E-state index is 12.6. The molecule has 27 heavy (non-hydrogen) atoms. The van der Waals surface area contributed by atoms with Crippen molar-refractivity contribution in [1.82, 2.24) is 4.90 Å². The van der Waals surface area contributed by atoms with Gasteiger partial charge in [-0.3, -0.25) is 0 Å². The van der Waals surface area contributed by atoms with Gasteiger partial charge in [0.1, 0.15) is 5.60 Å². The minimum Gasteiger partial charge on any atom is -0.444 e. The summed E-state index contributed by atoms with van der Waals surface area (Å²) in [5.74, 6) is 0.489. The molecule has 1 rings (SSSR count). The van der Waals surface area contributed by atoms with Crippen molar-refractivity contribution in [2.45, 2.75) is 59.0 Å². The third kappa shape index (κ3) is 10.4. The summed E-state index contributed by atoms with van der Waals surface area (Å²) in [6.45, 7) is 10.0. The first-order valence-corrected chi connectivity index (χ1v) is 9.90. The van der Waals surface area contributed by atoms with Gasteiger partial charge in [0.2, 0.25) is 0 Å². The molecule has 0 aliphatic rings. The molecule has 1 N–H and O–H groups in total. The van der Waals surface area contributed by atoms with Crippen molar-refractivity contribution >= 4 is 6.09 Å². The number of nitrogens with zero attached hydrogens (tertiary/aromatic N) is 1. The van der Waals surface area contributed by atoms with E-state index in [9.17, 15) is 4.79 Å². The van der Waals surface area contributed by atoms with Crippen molar-refractivity contribution in [3.63, 3.8) is 0 Å². The second-order valence-corrected chi connectivity index (χ2v) is 8.19. The van der Waals surface area contributed by atoms with Crippen LogP contribution in [0.1, 0.15) is 51.7 Å². The van der Waals surface area contributed by atoms with Crippen molar-refractivity contribution in [2.24, 2.45) is 5.92 Å². The van der Waals surface area contributed by atoms with Gasteiger partial charge < -0.3 is 19.5 Å². The Labute approximate surface area is 164 Å². The lowest BCUT2D eigenvalue weighted by atomic mass is 10.0. The lowest BCUT2D eigenvalue weighted by Crippen LogP contribution is -2.39. The van der Waals surface area contributed by atoms with Crippen LogP contribution < -0.4 is 0 Å². The number of aliphatic hydroxyl groups excluding tert-OH is 1. The Morgan fingerprint density at radius 1 is 1.15 bits per heavy atom. The van der Waals surface area contributed by atoms with Gasteiger partial charge in [-0.15, -0.1) is 0 Å². The normalized spacial score (nSPS) is 12.7. The van der Waals surface area contributed by atoms with Crippen molar-refractivity contribution < 1.29 is 19.4 Å². The minimum absolute atomic E-state index is 0.146. The van der Waals surface area contributed by atoms with Crippen LogP contribution in [0.15, 0.2) is 24.3 Å². The number of carbonyl (C=O) groups is 1. The third-order valence-electron chi connectivity index (χ3n) is 4.42. The Hall–Kier alpha value is -1.59. The molecular weight excluding hydrogens is 342 g/mol. The maximum absolute atomic E-state index is 12.6. The van der Waals surface area contributed by atoms with E-state index >= 15 is 0 Å². The minimum atomic E-state index is -0.502. The summed E-state index contributed by atoms with van der Waals surface area (Å²) in [6, 6.07) is 8.19. The van der Waals surface area contributed by atoms with E-state index in [1.807, 2.05) is 37.8 Å². The van der Waals surface area contributed by atoms with Gasteiger partial charge >= 0.3 is 6.09 Å². The van der Waals surface area contributed by atoms with Crippen LogP contribution in [0.4, 0.5) is 4.79 Å². The molecule has 0 bridgehead atoms. The molecule has 5 heteroatoms. The summed E-state index contributed by atoms with van der Waals surface area (Å²) in [4.78, 5) is 14.4. The zero-order chi connectivity index (χ0) is 20.3. The van der Waals surface area contributed by atoms with Crippen molar-refractivity contribution in [3.05, 3.63) is 35.4 Å². The predicted molar refractivity (Wildman–Crippen MR) is 109 cm³/mol. The first-order valence-electron chi connectivity index (χ1n) is 9.90. The van der Waals surface area contributed by atoms with Crippen LogP contribution in [0.25, 0.3) is 0 Å². The predicted octanol–water partition coefficient (Wildman–Crippen LogP) is 4.06. The third-order valence-corrected chi connectivity index (χ3v) is 4.42. The molecule has 0 aliphatic carbocycles. The Bertz CT molecular complexity index is 553. The number of carbonyl (C=O) groups excluding carboxylic acids is 1. The molecule has 0 spiro atoms. The van der Waals surface area contributed by atoms with Crippen LogP contribution in [0.5, 0.6) is 0 Å². The molecule has 0 fully saturated rings. The average Bonchev–Trinajstić information content (AvgIpc) is 2.59. The zero-order valence-corrected chi connectivity index (χ0v) is 17.7. The van der Waals surface area contributed by atoms with Crippen molar-refractivity contribution in [2.75, 3.05) is 33.4 Å². The van der Waals surface area contributed by atoms with Gasteiger partial charge in [0.05, 0.1) is 0 Å². The standard InChI is InChI=1S/C22H37NO4/c1-18(12-16-26-5)9-13-23(21(25)27-22(2,3)4)14-10-19-7-6-8-20(17-19)11-15-24/h6-8,17-18,24H,9-16H2,1-5H3. The van der Waals surface area contributed by atoms with Crippen molar-refractivity contribution in [3.8, 4) is 0 Å². The number of aliphatic hydroxyl groups is 1. The molecule has 1 unspecified atom stereocenters. The molecule has 1 amide bonds. The molecule has 0 aromatic heterocycles. The van der Waals surface area contributed by atoms with E-state index in [2.05, 4.69) is 19.1 Å². The van der Waals surface area contributed by atoms with E-state index in [-0.39, 0.29) is 12.7 Å². The zero-order valence-electron chi connectivity index (χ0n) is 17.7. The van der Waals surface area contributed by atoms with Gasteiger partial charge in [0.15, 0.2) is 0 Å². The summed E-state index contributed by atoms with van der Waals surface area (Å²) in [5, 5.41) is 9.11. The van der Waals surface area contributed by atoms with E-state index < -0.39 is 5.60 Å². The lowest BCUT2D eigenvalue weighted by Gasteiger charge is -2.28. The quantitative estimate of drug-likeness (QED) is 0.630. The summed E-state index contributed by atoms with van der Waals surface area (Å²) >= 11 is 0. The molecule has 0 saturated heterocycles. The van der Waals surface area contributed by atoms with Crippen LogP contribution in [0, 0.1) is 5.92 Å². The molecule has 0 saturated carbocycles. The molecule has 0 heterocycles. The Balaban J connectivity index is 2.69. The highest BCUT2D eigenvalue weighted by molar-refractivity contribution is 5.68. The summed E-state index contributed by atoms with van der Waals surface area (Å²) < 4.78 is 10.7. The van der Waals surface area contributed by atoms with Gasteiger partial charge in [-0.1, -0.05) is 31.2 Å². The van der Waals surface area contributed by atoms with Crippen LogP contribution in [0.3, 0.4) is 0 Å². The second kappa shape index (κ2) is 12.0. The van der Waals surface area contributed by atoms with E-state index in [1.54, 1.807) is 7.11 Å². The lowest BCUT2D eigenvalue weighted by molar-refractivity contribution is 0.0241. The fourth-order valence-corrected chi connectivity index (χ4v) is 2.79. The SMILES string of the molecule is COCCC(C)CCN(CCc1cccc(CCO)c1)C(=O)OC(C)(C)C. The number of hydrogen-bond acceptors (Lipinski definition) is 4. The maximum Gasteiger partial charge on any atom is 0.410 e. The number of benzene rings is 1. The molecule has 5 nitrogen and oxygen atoms in total. The van der Waals surface area contributed by atoms with Crippen LogP contribution in [0.2, 0.25) is 0 Å². The first-order chi connectivity index (χ1) is 12.7. The van der Waals surface area contributed by atoms with Gasteiger partial charge in [-0.25, -0.2) is 4.79 Å². The number of rotatable bonds is 11. The van der Waals surface area contributed by atoms with E-state index in [0.717, 1.165) is 31.4 Å². The number of hydrogen-bond donors (Lipinski definition) is 1. The van der Waals surface area contributed by atoms with Gasteiger partial charge in [-0.2, -0.15) is 0 Å². The fraction of sp³-hybridized carbons (Fsp3) is 0.682. The summed E-state index contributed by atoms with van der Waals surface area (Å²) in [7, 11) is 1.71. The van der Waals surface area contributed by atoms with E-state index in [0.29, 0.717) is 25.4 Å². The van der Waals surface area contributed by atoms with Gasteiger partial charge in [0, 0.05) is 33.4 Å². The van der Waals surface area contributed by atoms with Gasteiger partial charge in [-0.05, 0) is 63.5 Å². The fourth-order valence-electron chi connectivity index (χ4n) is 2.79. The number of methoxy groups -OCH3 is 1. The Kier molecular flexibility index (Phi) is 10.4. The molecule has 1 aromatic rings. The average molecular weight is 380 g/mol. The molecule has 1 atom stereocenters. The monoisotopic (exact) mass is 379 g/mol. The molecule has 1 aromatic carbocycles. The summed E-state index contributed by atoms with van der Waals surface area (Å²) in [6.07, 6.45) is 3.08. The van der Waals surface area contributed by atoms with Crippen LogP contribution >= 0.6 is 0 Å². The molecule has 154 valence electrons. The summed E-state index contributed by atoms with van der Waals surface area (Å²) in [5.41, 5.74) is 1.78. The highest BCUT2D eigenvalue weighted by Crippen LogP contribution is 2.15. The van der Waals surface area contributed by atoms with E-state index in [4.69, 9.17) is 14.6 Å². The first kappa shape index (κ1) is 23.4. The van der Waals surface area contributed by atoms with Crippen molar-refractivity contribution in [1.29, 1.82) is 0 Å². The molecule has 0 aliphatic heterocycles. The van der Waals surface area contributed by atoms with Crippen LogP contribution in [-0.2, 0) is 22.3 Å².